The number of ketones is 1. The monoisotopic (exact) mass is 353 g/mol. The molecule has 0 aromatic carbocycles. The van der Waals surface area contributed by atoms with E-state index >= 15 is 0 Å². The van der Waals surface area contributed by atoms with E-state index in [2.05, 4.69) is 6.92 Å². The van der Waals surface area contributed by atoms with E-state index < -0.39 is 17.5 Å². The lowest BCUT2D eigenvalue weighted by atomic mass is 9.76. The first-order valence-corrected chi connectivity index (χ1v) is 9.33. The zero-order chi connectivity index (χ0) is 18.6. The molecule has 2 heterocycles. The second kappa shape index (κ2) is 6.23. The molecule has 3 rings (SSSR count). The number of likely N-dealkylation sites (tertiary alicyclic amines) is 1. The topological polar surface area (TPSA) is 65.1 Å². The molecule has 6 heteroatoms. The van der Waals surface area contributed by atoms with Crippen molar-refractivity contribution in [3.05, 3.63) is 0 Å². The molecule has 0 aromatic heterocycles. The molecule has 2 saturated heterocycles. The predicted molar refractivity (Wildman–Crippen MR) is 92.0 cm³/mol. The van der Waals surface area contributed by atoms with Crippen LogP contribution in [0.3, 0.4) is 0 Å². The highest BCUT2D eigenvalue weighted by Gasteiger charge is 2.56. The van der Waals surface area contributed by atoms with E-state index in [1.807, 2.05) is 34.6 Å². The number of ether oxygens (including phenoxy) is 3. The minimum absolute atomic E-state index is 0.150. The molecule has 2 aliphatic heterocycles. The van der Waals surface area contributed by atoms with Crippen molar-refractivity contribution in [2.75, 3.05) is 13.1 Å². The molecule has 0 bridgehead atoms. The van der Waals surface area contributed by atoms with Crippen molar-refractivity contribution in [1.82, 2.24) is 4.90 Å². The molecule has 3 aliphatic rings. The first kappa shape index (κ1) is 18.6. The second-order valence-corrected chi connectivity index (χ2v) is 9.21. The van der Waals surface area contributed by atoms with E-state index in [0.29, 0.717) is 31.3 Å². The maximum atomic E-state index is 12.3. The zero-order valence-electron chi connectivity index (χ0n) is 16.2. The highest BCUT2D eigenvalue weighted by Crippen LogP contribution is 2.46. The molecular formula is C19H31NO5. The summed E-state index contributed by atoms with van der Waals surface area (Å²) in [5.74, 6) is 0.294. The molecule has 0 spiro atoms. The molecule has 3 fully saturated rings. The SMILES string of the molecule is CC1CN(C(=O)OC(C)(C)C)CCC1C1CC(=O)[C@@H]2OC(C)(C)O[C@H]12. The quantitative estimate of drug-likeness (QED) is 0.725. The fraction of sp³-hybridized carbons (Fsp3) is 0.895. The average molecular weight is 353 g/mol. The third-order valence-corrected chi connectivity index (χ3v) is 5.48. The summed E-state index contributed by atoms with van der Waals surface area (Å²) in [7, 11) is 0. The Hall–Kier alpha value is -1.14. The molecule has 0 radical (unpaired) electrons. The van der Waals surface area contributed by atoms with Crippen LogP contribution in [0, 0.1) is 17.8 Å². The van der Waals surface area contributed by atoms with Gasteiger partial charge in [-0.1, -0.05) is 6.92 Å². The Balaban J connectivity index is 1.64. The van der Waals surface area contributed by atoms with Crippen molar-refractivity contribution in [2.24, 2.45) is 17.8 Å². The Morgan fingerprint density at radius 2 is 1.92 bits per heavy atom. The van der Waals surface area contributed by atoms with Gasteiger partial charge in [0, 0.05) is 19.5 Å². The summed E-state index contributed by atoms with van der Waals surface area (Å²) < 4.78 is 17.3. The molecule has 1 amide bonds. The minimum atomic E-state index is -0.690. The number of piperidine rings is 1. The maximum absolute atomic E-state index is 12.3. The second-order valence-electron chi connectivity index (χ2n) is 9.21. The fourth-order valence-corrected chi connectivity index (χ4v) is 4.50. The van der Waals surface area contributed by atoms with Gasteiger partial charge in [-0.2, -0.15) is 0 Å². The third-order valence-electron chi connectivity index (χ3n) is 5.48. The summed E-state index contributed by atoms with van der Waals surface area (Å²) in [6.45, 7) is 12.8. The third kappa shape index (κ3) is 3.85. The number of amides is 1. The number of carbonyl (C=O) groups excluding carboxylic acids is 2. The van der Waals surface area contributed by atoms with Crippen molar-refractivity contribution in [2.45, 2.75) is 78.0 Å². The maximum Gasteiger partial charge on any atom is 0.410 e. The van der Waals surface area contributed by atoms with E-state index in [9.17, 15) is 9.59 Å². The average Bonchev–Trinajstić information content (AvgIpc) is 2.92. The van der Waals surface area contributed by atoms with Gasteiger partial charge in [0.25, 0.3) is 0 Å². The number of hydrogen-bond acceptors (Lipinski definition) is 5. The minimum Gasteiger partial charge on any atom is -0.444 e. The smallest absolute Gasteiger partial charge is 0.410 e. The molecule has 1 aliphatic carbocycles. The molecule has 142 valence electrons. The van der Waals surface area contributed by atoms with Crippen LogP contribution in [0.5, 0.6) is 0 Å². The molecule has 0 aromatic rings. The van der Waals surface area contributed by atoms with Crippen LogP contribution in [0.15, 0.2) is 0 Å². The van der Waals surface area contributed by atoms with Gasteiger partial charge in [0.1, 0.15) is 11.7 Å². The van der Waals surface area contributed by atoms with Crippen LogP contribution >= 0.6 is 0 Å². The van der Waals surface area contributed by atoms with Gasteiger partial charge in [-0.25, -0.2) is 4.79 Å². The summed E-state index contributed by atoms with van der Waals surface area (Å²) in [5.41, 5.74) is -0.483. The Morgan fingerprint density at radius 3 is 2.52 bits per heavy atom. The Morgan fingerprint density at radius 1 is 1.24 bits per heavy atom. The van der Waals surface area contributed by atoms with E-state index in [4.69, 9.17) is 14.2 Å². The molecule has 1 saturated carbocycles. The number of rotatable bonds is 1. The van der Waals surface area contributed by atoms with Crippen molar-refractivity contribution >= 4 is 11.9 Å². The summed E-state index contributed by atoms with van der Waals surface area (Å²) in [5, 5.41) is 0. The molecule has 25 heavy (non-hydrogen) atoms. The number of carbonyl (C=O) groups is 2. The van der Waals surface area contributed by atoms with Crippen molar-refractivity contribution in [3.8, 4) is 0 Å². The van der Waals surface area contributed by atoms with Gasteiger partial charge in [0.15, 0.2) is 11.6 Å². The number of fused-ring (bicyclic) bond motifs is 1. The van der Waals surface area contributed by atoms with E-state index in [1.54, 1.807) is 4.90 Å². The lowest BCUT2D eigenvalue weighted by molar-refractivity contribution is -0.166. The van der Waals surface area contributed by atoms with Crippen LogP contribution in [-0.4, -0.2) is 53.5 Å². The molecule has 5 atom stereocenters. The van der Waals surface area contributed by atoms with Gasteiger partial charge in [-0.15, -0.1) is 0 Å². The van der Waals surface area contributed by atoms with E-state index in [0.717, 1.165) is 6.42 Å². The first-order chi connectivity index (χ1) is 11.5. The summed E-state index contributed by atoms with van der Waals surface area (Å²) >= 11 is 0. The summed E-state index contributed by atoms with van der Waals surface area (Å²) in [4.78, 5) is 26.4. The fourth-order valence-electron chi connectivity index (χ4n) is 4.50. The molecule has 6 nitrogen and oxygen atoms in total. The Labute approximate surface area is 150 Å². The normalized spacial score (nSPS) is 37.9. The van der Waals surface area contributed by atoms with Crippen LogP contribution < -0.4 is 0 Å². The predicted octanol–water partition coefficient (Wildman–Crippen LogP) is 2.99. The van der Waals surface area contributed by atoms with Crippen LogP contribution in [0.1, 0.15) is 54.4 Å². The lowest BCUT2D eigenvalue weighted by Gasteiger charge is -2.41. The number of Topliss-reactive ketones (excluding diaryl/α,β-unsaturated/α-hetero) is 1. The first-order valence-electron chi connectivity index (χ1n) is 9.33. The van der Waals surface area contributed by atoms with Crippen molar-refractivity contribution < 1.29 is 23.8 Å². The Kier molecular flexibility index (Phi) is 4.65. The van der Waals surface area contributed by atoms with Crippen LogP contribution in [0.2, 0.25) is 0 Å². The van der Waals surface area contributed by atoms with Crippen molar-refractivity contribution in [1.29, 1.82) is 0 Å². The lowest BCUT2D eigenvalue weighted by Crippen LogP contribution is -2.47. The van der Waals surface area contributed by atoms with E-state index in [-0.39, 0.29) is 23.9 Å². The van der Waals surface area contributed by atoms with E-state index in [1.165, 1.54) is 0 Å². The molecular weight excluding hydrogens is 322 g/mol. The highest BCUT2D eigenvalue weighted by molar-refractivity contribution is 5.87. The largest absolute Gasteiger partial charge is 0.444 e. The zero-order valence-corrected chi connectivity index (χ0v) is 16.2. The van der Waals surface area contributed by atoms with Crippen LogP contribution in [0.25, 0.3) is 0 Å². The van der Waals surface area contributed by atoms with Crippen molar-refractivity contribution in [3.63, 3.8) is 0 Å². The van der Waals surface area contributed by atoms with Gasteiger partial charge in [0.05, 0.1) is 6.10 Å². The van der Waals surface area contributed by atoms with Gasteiger partial charge in [-0.3, -0.25) is 4.79 Å². The van der Waals surface area contributed by atoms with Crippen LogP contribution in [0.4, 0.5) is 4.79 Å². The number of nitrogens with zero attached hydrogens (tertiary/aromatic N) is 1. The Bertz CT molecular complexity index is 553. The number of hydrogen-bond donors (Lipinski definition) is 0. The van der Waals surface area contributed by atoms with Crippen LogP contribution in [-0.2, 0) is 19.0 Å². The van der Waals surface area contributed by atoms with Gasteiger partial charge < -0.3 is 19.1 Å². The molecule has 3 unspecified atom stereocenters. The molecule has 0 N–H and O–H groups in total. The summed E-state index contributed by atoms with van der Waals surface area (Å²) in [6.07, 6.45) is 0.567. The standard InChI is InChI=1S/C19H31NO5/c1-11-10-20(17(22)25-18(2,3)4)8-7-12(11)13-9-14(21)16-15(13)23-19(5,6)24-16/h11-13,15-16H,7-10H2,1-6H3/t11?,12?,13?,15-,16+/m1/s1. The van der Waals surface area contributed by atoms with Gasteiger partial charge in [0.2, 0.25) is 0 Å². The van der Waals surface area contributed by atoms with Gasteiger partial charge in [-0.05, 0) is 58.8 Å². The highest BCUT2D eigenvalue weighted by atomic mass is 16.8. The summed E-state index contributed by atoms with van der Waals surface area (Å²) in [6, 6.07) is 0. The van der Waals surface area contributed by atoms with Gasteiger partial charge >= 0.3 is 6.09 Å².